The Morgan fingerprint density at radius 3 is 2.81 bits per heavy atom. The Balaban J connectivity index is 1.47. The van der Waals surface area contributed by atoms with Gasteiger partial charge in [0.15, 0.2) is 0 Å². The van der Waals surface area contributed by atoms with Crippen LogP contribution >= 0.6 is 11.6 Å². The van der Waals surface area contributed by atoms with E-state index in [-0.39, 0.29) is 5.56 Å². The molecule has 1 saturated heterocycles. The van der Waals surface area contributed by atoms with Gasteiger partial charge in [0.05, 0.1) is 35.1 Å². The van der Waals surface area contributed by atoms with Crippen molar-refractivity contribution in [2.24, 2.45) is 5.92 Å². The number of benzene rings is 1. The van der Waals surface area contributed by atoms with Crippen LogP contribution in [0.5, 0.6) is 5.75 Å². The van der Waals surface area contributed by atoms with Crippen molar-refractivity contribution in [1.82, 2.24) is 14.5 Å². The summed E-state index contributed by atoms with van der Waals surface area (Å²) in [6, 6.07) is 7.33. The molecule has 1 aromatic carbocycles. The van der Waals surface area contributed by atoms with Gasteiger partial charge >= 0.3 is 0 Å². The molecule has 6 nitrogen and oxygen atoms in total. The topological polar surface area (TPSA) is 60.2 Å². The zero-order valence-electron chi connectivity index (χ0n) is 15.1. The molecule has 1 aliphatic heterocycles. The summed E-state index contributed by atoms with van der Waals surface area (Å²) in [5.41, 5.74) is 1.70. The maximum atomic E-state index is 12.8. The monoisotopic (exact) mass is 384 g/mol. The fraction of sp³-hybridized carbons (Fsp3) is 0.350. The molecule has 7 heteroatoms. The summed E-state index contributed by atoms with van der Waals surface area (Å²) >= 11 is 6.25. The SMILES string of the molecule is COc1ccc2c(=O)n(CC3CCN(c4ccncc4Cl)CC3)cnc2c1. The number of nitrogens with zero attached hydrogens (tertiary/aromatic N) is 4. The van der Waals surface area contributed by atoms with Crippen LogP contribution in [0.1, 0.15) is 12.8 Å². The Kier molecular flexibility index (Phi) is 4.99. The van der Waals surface area contributed by atoms with Gasteiger partial charge in [0.1, 0.15) is 5.75 Å². The van der Waals surface area contributed by atoms with Crippen molar-refractivity contribution >= 4 is 28.2 Å². The molecular weight excluding hydrogens is 364 g/mol. The van der Waals surface area contributed by atoms with Gasteiger partial charge in [-0.3, -0.25) is 14.3 Å². The molecule has 0 saturated carbocycles. The van der Waals surface area contributed by atoms with Gasteiger partial charge in [-0.05, 0) is 37.0 Å². The van der Waals surface area contributed by atoms with Gasteiger partial charge in [0, 0.05) is 38.1 Å². The first-order chi connectivity index (χ1) is 13.2. The highest BCUT2D eigenvalue weighted by atomic mass is 35.5. The Morgan fingerprint density at radius 1 is 1.26 bits per heavy atom. The lowest BCUT2D eigenvalue weighted by molar-refractivity contribution is 0.352. The zero-order valence-corrected chi connectivity index (χ0v) is 15.9. The van der Waals surface area contributed by atoms with E-state index in [0.29, 0.717) is 34.1 Å². The van der Waals surface area contributed by atoms with Crippen molar-refractivity contribution in [2.75, 3.05) is 25.1 Å². The molecule has 4 rings (SSSR count). The van der Waals surface area contributed by atoms with E-state index in [4.69, 9.17) is 16.3 Å². The summed E-state index contributed by atoms with van der Waals surface area (Å²) < 4.78 is 6.93. The maximum Gasteiger partial charge on any atom is 0.261 e. The van der Waals surface area contributed by atoms with E-state index in [1.165, 1.54) is 0 Å². The predicted octanol–water partition coefficient (Wildman–Crippen LogP) is 3.37. The zero-order chi connectivity index (χ0) is 18.8. The van der Waals surface area contributed by atoms with Crippen LogP contribution in [0.25, 0.3) is 10.9 Å². The average molecular weight is 385 g/mol. The van der Waals surface area contributed by atoms with Crippen molar-refractivity contribution in [3.8, 4) is 5.75 Å². The largest absolute Gasteiger partial charge is 0.497 e. The first-order valence-electron chi connectivity index (χ1n) is 9.03. The number of fused-ring (bicyclic) bond motifs is 1. The standard InChI is InChI=1S/C20H21ClN4O2/c1-27-15-2-3-16-18(10-15)23-13-25(20(16)26)12-14-5-8-24(9-6-14)19-4-7-22-11-17(19)21/h2-4,7,10-11,13-14H,5-6,8-9,12H2,1H3. The molecule has 0 bridgehead atoms. The molecule has 3 heterocycles. The van der Waals surface area contributed by atoms with Crippen molar-refractivity contribution in [2.45, 2.75) is 19.4 Å². The summed E-state index contributed by atoms with van der Waals surface area (Å²) in [6.45, 7) is 2.52. The number of aromatic nitrogens is 3. The van der Waals surface area contributed by atoms with Crippen LogP contribution in [-0.2, 0) is 6.54 Å². The Labute approximate surface area is 162 Å². The van der Waals surface area contributed by atoms with Gasteiger partial charge in [-0.1, -0.05) is 11.6 Å². The molecule has 0 unspecified atom stereocenters. The lowest BCUT2D eigenvalue weighted by atomic mass is 9.96. The highest BCUT2D eigenvalue weighted by Crippen LogP contribution is 2.29. The lowest BCUT2D eigenvalue weighted by Crippen LogP contribution is -2.36. The first kappa shape index (κ1) is 17.8. The first-order valence-corrected chi connectivity index (χ1v) is 9.41. The smallest absolute Gasteiger partial charge is 0.261 e. The summed E-state index contributed by atoms with van der Waals surface area (Å²) in [4.78, 5) is 23.5. The molecule has 0 radical (unpaired) electrons. The fourth-order valence-electron chi connectivity index (χ4n) is 3.65. The highest BCUT2D eigenvalue weighted by Gasteiger charge is 2.21. The number of rotatable bonds is 4. The van der Waals surface area contributed by atoms with Crippen molar-refractivity contribution in [3.63, 3.8) is 0 Å². The number of hydrogen-bond acceptors (Lipinski definition) is 5. The number of pyridine rings is 1. The second kappa shape index (κ2) is 7.56. The molecule has 0 spiro atoms. The fourth-order valence-corrected chi connectivity index (χ4v) is 3.89. The molecule has 27 heavy (non-hydrogen) atoms. The summed E-state index contributed by atoms with van der Waals surface area (Å²) in [6.07, 6.45) is 7.11. The molecule has 0 amide bonds. The van der Waals surface area contributed by atoms with E-state index in [0.717, 1.165) is 31.6 Å². The number of methoxy groups -OCH3 is 1. The van der Waals surface area contributed by atoms with Crippen LogP contribution < -0.4 is 15.2 Å². The van der Waals surface area contributed by atoms with Crippen LogP contribution in [0.3, 0.4) is 0 Å². The van der Waals surface area contributed by atoms with Gasteiger partial charge in [-0.25, -0.2) is 4.98 Å². The average Bonchev–Trinajstić information content (AvgIpc) is 2.71. The van der Waals surface area contributed by atoms with Crippen LogP contribution in [0, 0.1) is 5.92 Å². The number of ether oxygens (including phenoxy) is 1. The number of anilines is 1. The number of halogens is 1. The normalized spacial score (nSPS) is 15.3. The van der Waals surface area contributed by atoms with E-state index in [1.54, 1.807) is 48.6 Å². The number of hydrogen-bond donors (Lipinski definition) is 0. The molecule has 2 aromatic heterocycles. The third kappa shape index (κ3) is 3.62. The van der Waals surface area contributed by atoms with Crippen LogP contribution in [-0.4, -0.2) is 34.7 Å². The van der Waals surface area contributed by atoms with Crippen molar-refractivity contribution in [3.05, 3.63) is 58.4 Å². The summed E-state index contributed by atoms with van der Waals surface area (Å²) in [5.74, 6) is 1.14. The van der Waals surface area contributed by atoms with Gasteiger partial charge in [-0.15, -0.1) is 0 Å². The molecule has 1 fully saturated rings. The quantitative estimate of drug-likeness (QED) is 0.690. The molecule has 0 N–H and O–H groups in total. The van der Waals surface area contributed by atoms with Gasteiger partial charge in [0.25, 0.3) is 5.56 Å². The minimum absolute atomic E-state index is 0.00209. The molecule has 0 atom stereocenters. The highest BCUT2D eigenvalue weighted by molar-refractivity contribution is 6.33. The molecule has 3 aromatic rings. The van der Waals surface area contributed by atoms with Crippen LogP contribution in [0.15, 0.2) is 47.8 Å². The molecular formula is C20H21ClN4O2. The maximum absolute atomic E-state index is 12.8. The predicted molar refractivity (Wildman–Crippen MR) is 107 cm³/mol. The second-order valence-electron chi connectivity index (χ2n) is 6.84. The molecule has 140 valence electrons. The van der Waals surface area contributed by atoms with Crippen LogP contribution in [0.2, 0.25) is 5.02 Å². The molecule has 0 aliphatic carbocycles. The van der Waals surface area contributed by atoms with E-state index in [9.17, 15) is 4.79 Å². The van der Waals surface area contributed by atoms with Gasteiger partial charge < -0.3 is 9.64 Å². The second-order valence-corrected chi connectivity index (χ2v) is 7.25. The van der Waals surface area contributed by atoms with E-state index in [1.807, 2.05) is 6.07 Å². The van der Waals surface area contributed by atoms with Gasteiger partial charge in [0.2, 0.25) is 0 Å². The number of piperidine rings is 1. The Hall–Kier alpha value is -2.60. The Morgan fingerprint density at radius 2 is 2.07 bits per heavy atom. The van der Waals surface area contributed by atoms with Gasteiger partial charge in [-0.2, -0.15) is 0 Å². The third-order valence-electron chi connectivity index (χ3n) is 5.19. The molecule has 1 aliphatic rings. The minimum atomic E-state index is 0.00209. The van der Waals surface area contributed by atoms with Crippen molar-refractivity contribution < 1.29 is 4.74 Å². The summed E-state index contributed by atoms with van der Waals surface area (Å²) in [5, 5.41) is 1.31. The summed E-state index contributed by atoms with van der Waals surface area (Å²) in [7, 11) is 1.61. The minimum Gasteiger partial charge on any atom is -0.497 e. The lowest BCUT2D eigenvalue weighted by Gasteiger charge is -2.34. The van der Waals surface area contributed by atoms with Crippen molar-refractivity contribution in [1.29, 1.82) is 0 Å². The van der Waals surface area contributed by atoms with E-state index in [2.05, 4.69) is 14.9 Å². The Bertz CT molecular complexity index is 1010. The van der Waals surface area contributed by atoms with E-state index >= 15 is 0 Å². The van der Waals surface area contributed by atoms with E-state index < -0.39 is 0 Å². The van der Waals surface area contributed by atoms with Crippen LogP contribution in [0.4, 0.5) is 5.69 Å². The third-order valence-corrected chi connectivity index (χ3v) is 5.48.